The number of phenols is 1. The SMILES string of the molecule is N[C@@H](Cc1ccc(O)cc1)C(=O)NCC1CCCC1O. The molecule has 5 nitrogen and oxygen atoms in total. The third-order valence-electron chi connectivity index (χ3n) is 3.89. The molecule has 1 amide bonds. The maximum absolute atomic E-state index is 11.9. The highest BCUT2D eigenvalue weighted by Crippen LogP contribution is 2.24. The first-order valence-electron chi connectivity index (χ1n) is 7.05. The molecule has 5 heteroatoms. The monoisotopic (exact) mass is 278 g/mol. The number of amides is 1. The Hall–Kier alpha value is -1.59. The number of nitrogens with two attached hydrogens (primary N) is 1. The summed E-state index contributed by atoms with van der Waals surface area (Å²) in [5.41, 5.74) is 6.78. The predicted molar refractivity (Wildman–Crippen MR) is 76.1 cm³/mol. The van der Waals surface area contributed by atoms with Crippen molar-refractivity contribution in [3.8, 4) is 5.75 Å². The van der Waals surface area contributed by atoms with E-state index in [1.54, 1.807) is 24.3 Å². The molecule has 0 aromatic heterocycles. The molecular weight excluding hydrogens is 256 g/mol. The quantitative estimate of drug-likeness (QED) is 0.632. The van der Waals surface area contributed by atoms with E-state index >= 15 is 0 Å². The van der Waals surface area contributed by atoms with Gasteiger partial charge in [-0.3, -0.25) is 4.79 Å². The van der Waals surface area contributed by atoms with Gasteiger partial charge in [-0.25, -0.2) is 0 Å². The smallest absolute Gasteiger partial charge is 0.237 e. The third kappa shape index (κ3) is 3.95. The summed E-state index contributed by atoms with van der Waals surface area (Å²) in [5, 5.41) is 21.7. The van der Waals surface area contributed by atoms with Crippen molar-refractivity contribution < 1.29 is 15.0 Å². The number of benzene rings is 1. The number of carbonyl (C=O) groups excluding carboxylic acids is 1. The van der Waals surface area contributed by atoms with Gasteiger partial charge in [0.25, 0.3) is 0 Å². The predicted octanol–water partition coefficient (Wildman–Crippen LogP) is 0.539. The van der Waals surface area contributed by atoms with Crippen molar-refractivity contribution in [1.82, 2.24) is 5.32 Å². The standard InChI is InChI=1S/C15H22N2O3/c16-13(8-10-4-6-12(18)7-5-10)15(20)17-9-11-2-1-3-14(11)19/h4-7,11,13-14,18-19H,1-3,8-9,16H2,(H,17,20)/t11?,13-,14?/m0/s1. The van der Waals surface area contributed by atoms with Crippen LogP contribution in [0.15, 0.2) is 24.3 Å². The summed E-state index contributed by atoms with van der Waals surface area (Å²) in [4.78, 5) is 11.9. The number of hydrogen-bond donors (Lipinski definition) is 4. The summed E-state index contributed by atoms with van der Waals surface area (Å²) in [6, 6.07) is 6.05. The first kappa shape index (κ1) is 14.8. The summed E-state index contributed by atoms with van der Waals surface area (Å²) in [7, 11) is 0. The van der Waals surface area contributed by atoms with Crippen LogP contribution < -0.4 is 11.1 Å². The largest absolute Gasteiger partial charge is 0.508 e. The van der Waals surface area contributed by atoms with E-state index in [4.69, 9.17) is 5.73 Å². The van der Waals surface area contributed by atoms with Crippen molar-refractivity contribution in [3.63, 3.8) is 0 Å². The van der Waals surface area contributed by atoms with Gasteiger partial charge in [-0.15, -0.1) is 0 Å². The second-order valence-electron chi connectivity index (χ2n) is 5.48. The van der Waals surface area contributed by atoms with E-state index in [0.717, 1.165) is 24.8 Å². The molecule has 20 heavy (non-hydrogen) atoms. The molecule has 0 heterocycles. The second kappa shape index (κ2) is 6.72. The van der Waals surface area contributed by atoms with E-state index in [1.807, 2.05) is 0 Å². The summed E-state index contributed by atoms with van der Waals surface area (Å²) >= 11 is 0. The van der Waals surface area contributed by atoms with Crippen molar-refractivity contribution in [2.45, 2.75) is 37.8 Å². The molecule has 2 unspecified atom stereocenters. The Balaban J connectivity index is 1.78. The Kier molecular flexibility index (Phi) is 4.98. The first-order valence-corrected chi connectivity index (χ1v) is 7.05. The molecule has 0 saturated heterocycles. The Morgan fingerprint density at radius 1 is 1.35 bits per heavy atom. The number of aliphatic hydroxyl groups excluding tert-OH is 1. The van der Waals surface area contributed by atoms with E-state index in [9.17, 15) is 15.0 Å². The van der Waals surface area contributed by atoms with Crippen LogP contribution in [0.5, 0.6) is 5.75 Å². The number of aliphatic hydroxyl groups is 1. The molecule has 2 rings (SSSR count). The maximum Gasteiger partial charge on any atom is 0.237 e. The highest BCUT2D eigenvalue weighted by Gasteiger charge is 2.26. The lowest BCUT2D eigenvalue weighted by atomic mass is 10.0. The molecule has 110 valence electrons. The number of nitrogens with one attached hydrogen (secondary N) is 1. The summed E-state index contributed by atoms with van der Waals surface area (Å²) in [6.07, 6.45) is 2.92. The maximum atomic E-state index is 11.9. The molecule has 1 aromatic rings. The number of aromatic hydroxyl groups is 1. The van der Waals surface area contributed by atoms with Crippen molar-refractivity contribution in [1.29, 1.82) is 0 Å². The average molecular weight is 278 g/mol. The van der Waals surface area contributed by atoms with Crippen molar-refractivity contribution in [2.24, 2.45) is 11.7 Å². The fraction of sp³-hybridized carbons (Fsp3) is 0.533. The van der Waals surface area contributed by atoms with Crippen LogP contribution in [0, 0.1) is 5.92 Å². The van der Waals surface area contributed by atoms with Gasteiger partial charge in [0.2, 0.25) is 5.91 Å². The fourth-order valence-electron chi connectivity index (χ4n) is 2.60. The minimum atomic E-state index is -0.613. The average Bonchev–Trinajstić information content (AvgIpc) is 2.84. The topological polar surface area (TPSA) is 95.6 Å². The molecule has 1 aliphatic carbocycles. The van der Waals surface area contributed by atoms with Gasteiger partial charge >= 0.3 is 0 Å². The molecule has 0 aliphatic heterocycles. The molecule has 1 saturated carbocycles. The Morgan fingerprint density at radius 2 is 2.05 bits per heavy atom. The number of carbonyl (C=O) groups is 1. The van der Waals surface area contributed by atoms with Gasteiger partial charge in [-0.05, 0) is 37.0 Å². The van der Waals surface area contributed by atoms with Gasteiger partial charge in [0.1, 0.15) is 5.75 Å². The molecule has 5 N–H and O–H groups in total. The van der Waals surface area contributed by atoms with E-state index in [1.165, 1.54) is 0 Å². The van der Waals surface area contributed by atoms with E-state index in [-0.39, 0.29) is 23.7 Å². The lowest BCUT2D eigenvalue weighted by molar-refractivity contribution is -0.122. The molecular formula is C15H22N2O3. The van der Waals surface area contributed by atoms with E-state index in [2.05, 4.69) is 5.32 Å². The second-order valence-corrected chi connectivity index (χ2v) is 5.48. The zero-order valence-corrected chi connectivity index (χ0v) is 11.5. The molecule has 0 bridgehead atoms. The van der Waals surface area contributed by atoms with E-state index < -0.39 is 6.04 Å². The minimum Gasteiger partial charge on any atom is -0.508 e. The summed E-state index contributed by atoms with van der Waals surface area (Å²) < 4.78 is 0. The van der Waals surface area contributed by atoms with Gasteiger partial charge < -0.3 is 21.3 Å². The minimum absolute atomic E-state index is 0.153. The Morgan fingerprint density at radius 3 is 2.65 bits per heavy atom. The normalized spacial score (nSPS) is 23.5. The van der Waals surface area contributed by atoms with Crippen LogP contribution in [-0.2, 0) is 11.2 Å². The molecule has 1 aliphatic rings. The number of phenolic OH excluding ortho intramolecular Hbond substituents is 1. The van der Waals surface area contributed by atoms with Gasteiger partial charge in [-0.2, -0.15) is 0 Å². The van der Waals surface area contributed by atoms with Crippen LogP contribution >= 0.6 is 0 Å². The highest BCUT2D eigenvalue weighted by molar-refractivity contribution is 5.81. The van der Waals surface area contributed by atoms with Crippen molar-refractivity contribution in [3.05, 3.63) is 29.8 Å². The fourth-order valence-corrected chi connectivity index (χ4v) is 2.60. The Bertz CT molecular complexity index is 447. The third-order valence-corrected chi connectivity index (χ3v) is 3.89. The first-order chi connectivity index (χ1) is 9.56. The van der Waals surface area contributed by atoms with Gasteiger partial charge in [0.05, 0.1) is 12.1 Å². The van der Waals surface area contributed by atoms with Gasteiger partial charge in [-0.1, -0.05) is 18.6 Å². The molecule has 1 fully saturated rings. The number of rotatable bonds is 5. The van der Waals surface area contributed by atoms with E-state index in [0.29, 0.717) is 13.0 Å². The highest BCUT2D eigenvalue weighted by atomic mass is 16.3. The molecule has 3 atom stereocenters. The van der Waals surface area contributed by atoms with Crippen LogP contribution in [0.2, 0.25) is 0 Å². The zero-order chi connectivity index (χ0) is 14.5. The van der Waals surface area contributed by atoms with Crippen molar-refractivity contribution >= 4 is 5.91 Å². The molecule has 0 radical (unpaired) electrons. The Labute approximate surface area is 118 Å². The van der Waals surface area contributed by atoms with Gasteiger partial charge in [0, 0.05) is 12.5 Å². The van der Waals surface area contributed by atoms with Crippen LogP contribution in [0.3, 0.4) is 0 Å². The zero-order valence-electron chi connectivity index (χ0n) is 11.5. The summed E-state index contributed by atoms with van der Waals surface area (Å²) in [6.45, 7) is 0.489. The van der Waals surface area contributed by atoms with Gasteiger partial charge in [0.15, 0.2) is 0 Å². The molecule has 1 aromatic carbocycles. The lowest BCUT2D eigenvalue weighted by Gasteiger charge is -2.17. The number of hydrogen-bond acceptors (Lipinski definition) is 4. The lowest BCUT2D eigenvalue weighted by Crippen LogP contribution is -2.44. The van der Waals surface area contributed by atoms with Crippen LogP contribution in [0.25, 0.3) is 0 Å². The molecule has 0 spiro atoms. The van der Waals surface area contributed by atoms with Crippen molar-refractivity contribution in [2.75, 3.05) is 6.54 Å². The van der Waals surface area contributed by atoms with Crippen LogP contribution in [0.4, 0.5) is 0 Å². The van der Waals surface area contributed by atoms with Crippen LogP contribution in [-0.4, -0.2) is 34.8 Å². The summed E-state index contributed by atoms with van der Waals surface area (Å²) in [5.74, 6) is 0.152. The van der Waals surface area contributed by atoms with Crippen LogP contribution in [0.1, 0.15) is 24.8 Å².